The van der Waals surface area contributed by atoms with Gasteiger partial charge in [0.05, 0.1) is 0 Å². The van der Waals surface area contributed by atoms with E-state index < -0.39 is 5.60 Å². The number of nitrogens with zero attached hydrogens (tertiary/aromatic N) is 2. The molecule has 0 N–H and O–H groups in total. The van der Waals surface area contributed by atoms with Gasteiger partial charge in [-0.15, -0.1) is 0 Å². The number of piperidine rings is 1. The number of hydrogen-bond donors (Lipinski definition) is 0. The molecule has 2 aliphatic heterocycles. The molecule has 2 heterocycles. The molecule has 2 saturated heterocycles. The zero-order valence-electron chi connectivity index (χ0n) is 12.2. The van der Waals surface area contributed by atoms with Crippen LogP contribution < -0.4 is 0 Å². The molecule has 0 aliphatic carbocycles. The summed E-state index contributed by atoms with van der Waals surface area (Å²) in [7, 11) is 2.18. The monoisotopic (exact) mass is 254 g/mol. The lowest BCUT2D eigenvalue weighted by molar-refractivity contribution is 0.0246. The summed E-state index contributed by atoms with van der Waals surface area (Å²) in [6.45, 7) is 9.79. The van der Waals surface area contributed by atoms with Crippen molar-refractivity contribution in [3.63, 3.8) is 0 Å². The number of amides is 1. The van der Waals surface area contributed by atoms with Crippen molar-refractivity contribution in [3.8, 4) is 0 Å². The summed E-state index contributed by atoms with van der Waals surface area (Å²) in [6, 6.07) is 0. The van der Waals surface area contributed by atoms with E-state index >= 15 is 0 Å². The van der Waals surface area contributed by atoms with Crippen LogP contribution in [-0.2, 0) is 4.74 Å². The number of rotatable bonds is 0. The maximum absolute atomic E-state index is 12.1. The zero-order chi connectivity index (χ0) is 13.4. The number of carbonyl (C=O) groups excluding carboxylic acids is 1. The van der Waals surface area contributed by atoms with Gasteiger partial charge in [-0.1, -0.05) is 0 Å². The van der Waals surface area contributed by atoms with E-state index in [4.69, 9.17) is 4.74 Å². The van der Waals surface area contributed by atoms with E-state index in [1.54, 1.807) is 0 Å². The molecule has 0 aromatic rings. The molecule has 0 saturated carbocycles. The summed E-state index contributed by atoms with van der Waals surface area (Å²) < 4.78 is 5.46. The van der Waals surface area contributed by atoms with Gasteiger partial charge >= 0.3 is 6.09 Å². The third-order valence-corrected chi connectivity index (χ3v) is 3.94. The van der Waals surface area contributed by atoms with E-state index in [9.17, 15) is 4.79 Å². The van der Waals surface area contributed by atoms with Crippen LogP contribution in [0.25, 0.3) is 0 Å². The molecule has 18 heavy (non-hydrogen) atoms. The van der Waals surface area contributed by atoms with Crippen LogP contribution in [0.2, 0.25) is 0 Å². The molecular weight excluding hydrogens is 228 g/mol. The predicted molar refractivity (Wildman–Crippen MR) is 71.6 cm³/mol. The third-order valence-electron chi connectivity index (χ3n) is 3.94. The molecule has 1 spiro atoms. The van der Waals surface area contributed by atoms with Crippen molar-refractivity contribution < 1.29 is 9.53 Å². The Labute approximate surface area is 110 Å². The molecule has 0 aromatic carbocycles. The van der Waals surface area contributed by atoms with Crippen molar-refractivity contribution >= 4 is 6.09 Å². The highest BCUT2D eigenvalue weighted by molar-refractivity contribution is 5.68. The standard InChI is InChI=1S/C14H26N2O2/c1-13(2,3)18-12(17)16-9-7-14(11-16)6-5-8-15(4)10-14/h5-11H2,1-4H3. The minimum atomic E-state index is -0.393. The molecule has 2 aliphatic rings. The van der Waals surface area contributed by atoms with Crippen LogP contribution in [0.5, 0.6) is 0 Å². The third kappa shape index (κ3) is 3.16. The molecule has 0 radical (unpaired) electrons. The maximum atomic E-state index is 12.1. The van der Waals surface area contributed by atoms with E-state index in [-0.39, 0.29) is 6.09 Å². The second kappa shape index (κ2) is 4.72. The Balaban J connectivity index is 1.93. The van der Waals surface area contributed by atoms with Gasteiger partial charge in [-0.2, -0.15) is 0 Å². The average Bonchev–Trinajstić information content (AvgIpc) is 2.59. The molecule has 0 bridgehead atoms. The van der Waals surface area contributed by atoms with E-state index in [2.05, 4.69) is 11.9 Å². The van der Waals surface area contributed by atoms with Crippen LogP contribution in [0.4, 0.5) is 4.79 Å². The van der Waals surface area contributed by atoms with E-state index in [0.717, 1.165) is 26.1 Å². The van der Waals surface area contributed by atoms with Crippen LogP contribution in [0.3, 0.4) is 0 Å². The van der Waals surface area contributed by atoms with Crippen molar-refractivity contribution in [2.24, 2.45) is 5.41 Å². The molecule has 1 unspecified atom stereocenters. The van der Waals surface area contributed by atoms with Gasteiger partial charge in [0, 0.05) is 25.0 Å². The van der Waals surface area contributed by atoms with Crippen LogP contribution in [0.15, 0.2) is 0 Å². The fourth-order valence-corrected chi connectivity index (χ4v) is 3.21. The van der Waals surface area contributed by atoms with Gasteiger partial charge in [-0.3, -0.25) is 0 Å². The van der Waals surface area contributed by atoms with Crippen LogP contribution >= 0.6 is 0 Å². The van der Waals surface area contributed by atoms with Gasteiger partial charge < -0.3 is 14.5 Å². The lowest BCUT2D eigenvalue weighted by atomic mass is 9.79. The Hall–Kier alpha value is -0.770. The summed E-state index contributed by atoms with van der Waals surface area (Å²) in [5.41, 5.74) is -0.0693. The number of hydrogen-bond acceptors (Lipinski definition) is 3. The molecule has 1 atom stereocenters. The van der Waals surface area contributed by atoms with Gasteiger partial charge in [0.2, 0.25) is 0 Å². The second-order valence-electron chi connectivity index (χ2n) is 6.99. The smallest absolute Gasteiger partial charge is 0.410 e. The molecule has 4 heteroatoms. The molecule has 0 aromatic heterocycles. The van der Waals surface area contributed by atoms with Gasteiger partial charge in [0.1, 0.15) is 5.60 Å². The zero-order valence-corrected chi connectivity index (χ0v) is 12.2. The predicted octanol–water partition coefficient (Wildman–Crippen LogP) is 2.34. The number of carbonyl (C=O) groups is 1. The lowest BCUT2D eigenvalue weighted by Gasteiger charge is -2.38. The summed E-state index contributed by atoms with van der Waals surface area (Å²) in [5, 5.41) is 0. The highest BCUT2D eigenvalue weighted by Crippen LogP contribution is 2.38. The molecule has 2 fully saturated rings. The molecule has 1 amide bonds. The first kappa shape index (κ1) is 13.7. The Kier molecular flexibility index (Phi) is 3.58. The first-order valence-electron chi connectivity index (χ1n) is 6.96. The summed E-state index contributed by atoms with van der Waals surface area (Å²) in [4.78, 5) is 16.3. The fourth-order valence-electron chi connectivity index (χ4n) is 3.21. The van der Waals surface area contributed by atoms with Crippen molar-refractivity contribution in [1.29, 1.82) is 0 Å². The highest BCUT2D eigenvalue weighted by atomic mass is 16.6. The quantitative estimate of drug-likeness (QED) is 0.665. The lowest BCUT2D eigenvalue weighted by Crippen LogP contribution is -2.44. The van der Waals surface area contributed by atoms with Crippen LogP contribution in [0, 0.1) is 5.41 Å². The topological polar surface area (TPSA) is 32.8 Å². The van der Waals surface area contributed by atoms with E-state index in [1.807, 2.05) is 25.7 Å². The Morgan fingerprint density at radius 2 is 1.89 bits per heavy atom. The van der Waals surface area contributed by atoms with Crippen molar-refractivity contribution in [2.45, 2.75) is 45.6 Å². The van der Waals surface area contributed by atoms with Crippen LogP contribution in [0.1, 0.15) is 40.0 Å². The first-order chi connectivity index (χ1) is 8.30. The summed E-state index contributed by atoms with van der Waals surface area (Å²) in [5.74, 6) is 0. The second-order valence-corrected chi connectivity index (χ2v) is 6.99. The molecule has 4 nitrogen and oxygen atoms in total. The fraction of sp³-hybridized carbons (Fsp3) is 0.929. The Morgan fingerprint density at radius 1 is 1.17 bits per heavy atom. The van der Waals surface area contributed by atoms with Gasteiger partial charge in [0.15, 0.2) is 0 Å². The van der Waals surface area contributed by atoms with Gasteiger partial charge in [-0.25, -0.2) is 4.79 Å². The Bertz CT molecular complexity index is 324. The molecule has 2 rings (SSSR count). The molecule has 104 valence electrons. The van der Waals surface area contributed by atoms with Crippen molar-refractivity contribution in [2.75, 3.05) is 33.2 Å². The summed E-state index contributed by atoms with van der Waals surface area (Å²) >= 11 is 0. The van der Waals surface area contributed by atoms with Gasteiger partial charge in [0.25, 0.3) is 0 Å². The van der Waals surface area contributed by atoms with E-state index in [0.29, 0.717) is 5.41 Å². The largest absolute Gasteiger partial charge is 0.444 e. The van der Waals surface area contributed by atoms with Gasteiger partial charge in [-0.05, 0) is 53.6 Å². The maximum Gasteiger partial charge on any atom is 0.410 e. The van der Waals surface area contributed by atoms with Crippen molar-refractivity contribution in [3.05, 3.63) is 0 Å². The van der Waals surface area contributed by atoms with Crippen LogP contribution in [-0.4, -0.2) is 54.7 Å². The average molecular weight is 254 g/mol. The SMILES string of the molecule is CN1CCCC2(CCN(C(=O)OC(C)(C)C)C2)C1. The van der Waals surface area contributed by atoms with E-state index in [1.165, 1.54) is 19.4 Å². The highest BCUT2D eigenvalue weighted by Gasteiger charge is 2.42. The Morgan fingerprint density at radius 3 is 2.50 bits per heavy atom. The normalized spacial score (nSPS) is 29.9. The summed E-state index contributed by atoms with van der Waals surface area (Å²) in [6.07, 6.45) is 3.47. The first-order valence-corrected chi connectivity index (χ1v) is 6.96. The minimum Gasteiger partial charge on any atom is -0.444 e. The minimum absolute atomic E-state index is 0.146. The van der Waals surface area contributed by atoms with Crippen molar-refractivity contribution in [1.82, 2.24) is 9.80 Å². The number of ether oxygens (including phenoxy) is 1. The number of likely N-dealkylation sites (tertiary alicyclic amines) is 2. The molecular formula is C14H26N2O2.